The second-order valence-corrected chi connectivity index (χ2v) is 4.49. The normalized spacial score (nSPS) is 10.4. The van der Waals surface area contributed by atoms with Crippen LogP contribution in [-0.4, -0.2) is 16.0 Å². The first kappa shape index (κ1) is 12.3. The number of nitrogens with zero attached hydrogens (tertiary/aromatic N) is 2. The molecule has 3 rings (SSSR count). The Morgan fingerprint density at radius 3 is 2.40 bits per heavy atom. The molecule has 0 radical (unpaired) electrons. The van der Waals surface area contributed by atoms with Crippen LogP contribution in [0.3, 0.4) is 0 Å². The number of hydrogen-bond acceptors (Lipinski definition) is 4. The summed E-state index contributed by atoms with van der Waals surface area (Å²) in [6.07, 6.45) is 0. The zero-order chi connectivity index (χ0) is 13.9. The van der Waals surface area contributed by atoms with Crippen LogP contribution in [0.4, 0.5) is 11.4 Å². The molecule has 4 heteroatoms. The summed E-state index contributed by atoms with van der Waals surface area (Å²) in [5, 5.41) is 12.3. The van der Waals surface area contributed by atoms with Gasteiger partial charge < -0.3 is 5.32 Å². The van der Waals surface area contributed by atoms with E-state index in [0.717, 1.165) is 16.6 Å². The summed E-state index contributed by atoms with van der Waals surface area (Å²) in [4.78, 5) is 11.8. The molecule has 4 nitrogen and oxygen atoms in total. The molecule has 0 bridgehead atoms. The maximum Gasteiger partial charge on any atom is 0.182 e. The summed E-state index contributed by atoms with van der Waals surface area (Å²) in [6, 6.07) is 17.3. The van der Waals surface area contributed by atoms with Gasteiger partial charge in [0.05, 0.1) is 11.2 Å². The molecular formula is C16H13N3O. The predicted octanol–water partition coefficient (Wildman–Crippen LogP) is 3.58. The number of carbonyl (C=O) groups excluding carboxylic acids is 1. The molecule has 0 atom stereocenters. The van der Waals surface area contributed by atoms with Crippen LogP contribution in [0, 0.1) is 0 Å². The van der Waals surface area contributed by atoms with Crippen molar-refractivity contribution in [2.45, 2.75) is 6.92 Å². The van der Waals surface area contributed by atoms with Gasteiger partial charge in [-0.3, -0.25) is 4.79 Å². The number of hydrogen-bond donors (Lipinski definition) is 1. The maximum absolute atomic E-state index is 11.8. The first-order valence-electron chi connectivity index (χ1n) is 6.34. The maximum atomic E-state index is 11.8. The number of anilines is 2. The SMILES string of the molecule is CC(=O)c1nnc2ccccc2c1Nc1ccccc1. The Hall–Kier alpha value is -2.75. The third-order valence-electron chi connectivity index (χ3n) is 3.04. The Balaban J connectivity index is 2.20. The van der Waals surface area contributed by atoms with Crippen molar-refractivity contribution in [2.75, 3.05) is 5.32 Å². The van der Waals surface area contributed by atoms with Crippen molar-refractivity contribution in [3.63, 3.8) is 0 Å². The highest BCUT2D eigenvalue weighted by molar-refractivity contribution is 6.06. The standard InChI is InChI=1S/C16H13N3O/c1-11(20)15-16(17-12-7-3-2-4-8-12)13-9-5-6-10-14(13)18-19-15/h2-10H,1H3,(H,17,18). The highest BCUT2D eigenvalue weighted by atomic mass is 16.1. The van der Waals surface area contributed by atoms with E-state index in [9.17, 15) is 4.79 Å². The van der Waals surface area contributed by atoms with Crippen LogP contribution in [-0.2, 0) is 0 Å². The molecule has 0 aliphatic carbocycles. The molecule has 3 aromatic rings. The van der Waals surface area contributed by atoms with E-state index in [4.69, 9.17) is 0 Å². The van der Waals surface area contributed by atoms with Crippen molar-refractivity contribution >= 4 is 28.1 Å². The Morgan fingerprint density at radius 2 is 1.65 bits per heavy atom. The third kappa shape index (κ3) is 2.23. The molecule has 98 valence electrons. The molecule has 0 spiro atoms. The van der Waals surface area contributed by atoms with Gasteiger partial charge in [0.25, 0.3) is 0 Å². The molecule has 0 fully saturated rings. The predicted molar refractivity (Wildman–Crippen MR) is 79.3 cm³/mol. The lowest BCUT2D eigenvalue weighted by Gasteiger charge is -2.11. The van der Waals surface area contributed by atoms with Gasteiger partial charge in [0.1, 0.15) is 0 Å². The van der Waals surface area contributed by atoms with Gasteiger partial charge in [-0.2, -0.15) is 0 Å². The van der Waals surface area contributed by atoms with E-state index in [-0.39, 0.29) is 5.78 Å². The van der Waals surface area contributed by atoms with E-state index in [1.807, 2.05) is 54.6 Å². The van der Waals surface area contributed by atoms with E-state index in [1.165, 1.54) is 6.92 Å². The molecule has 1 N–H and O–H groups in total. The van der Waals surface area contributed by atoms with Crippen molar-refractivity contribution in [3.05, 3.63) is 60.3 Å². The van der Waals surface area contributed by atoms with E-state index < -0.39 is 0 Å². The lowest BCUT2D eigenvalue weighted by atomic mass is 10.1. The average molecular weight is 263 g/mol. The Bertz CT molecular complexity index is 769. The molecule has 0 aliphatic heterocycles. The first-order valence-corrected chi connectivity index (χ1v) is 6.34. The summed E-state index contributed by atoms with van der Waals surface area (Å²) in [5.41, 5.74) is 2.73. The van der Waals surface area contributed by atoms with Crippen LogP contribution in [0.1, 0.15) is 17.4 Å². The van der Waals surface area contributed by atoms with Crippen molar-refractivity contribution in [1.82, 2.24) is 10.2 Å². The monoisotopic (exact) mass is 263 g/mol. The second-order valence-electron chi connectivity index (χ2n) is 4.49. The van der Waals surface area contributed by atoms with Crippen LogP contribution < -0.4 is 5.32 Å². The van der Waals surface area contributed by atoms with Crippen LogP contribution in [0.5, 0.6) is 0 Å². The summed E-state index contributed by atoms with van der Waals surface area (Å²) >= 11 is 0. The molecule has 1 heterocycles. The number of ketones is 1. The van der Waals surface area contributed by atoms with E-state index in [1.54, 1.807) is 0 Å². The van der Waals surface area contributed by atoms with Crippen LogP contribution in [0.2, 0.25) is 0 Å². The van der Waals surface area contributed by atoms with Crippen molar-refractivity contribution < 1.29 is 4.79 Å². The first-order chi connectivity index (χ1) is 9.75. The van der Waals surface area contributed by atoms with Crippen molar-refractivity contribution in [3.8, 4) is 0 Å². The highest BCUT2D eigenvalue weighted by Gasteiger charge is 2.14. The molecule has 0 amide bonds. The number of aromatic nitrogens is 2. The van der Waals surface area contributed by atoms with E-state index in [0.29, 0.717) is 11.4 Å². The number of para-hydroxylation sites is 1. The smallest absolute Gasteiger partial charge is 0.182 e. The van der Waals surface area contributed by atoms with Gasteiger partial charge in [0.15, 0.2) is 11.5 Å². The highest BCUT2D eigenvalue weighted by Crippen LogP contribution is 2.27. The van der Waals surface area contributed by atoms with Gasteiger partial charge in [0, 0.05) is 18.0 Å². The van der Waals surface area contributed by atoms with Crippen molar-refractivity contribution in [2.24, 2.45) is 0 Å². The fraction of sp³-hybridized carbons (Fsp3) is 0.0625. The molecule has 2 aromatic carbocycles. The zero-order valence-electron chi connectivity index (χ0n) is 11.0. The third-order valence-corrected chi connectivity index (χ3v) is 3.04. The van der Waals surface area contributed by atoms with Gasteiger partial charge in [-0.15, -0.1) is 10.2 Å². The van der Waals surface area contributed by atoms with Crippen LogP contribution >= 0.6 is 0 Å². The van der Waals surface area contributed by atoms with Gasteiger partial charge in [0.2, 0.25) is 0 Å². The number of fused-ring (bicyclic) bond motifs is 1. The fourth-order valence-corrected chi connectivity index (χ4v) is 2.09. The summed E-state index contributed by atoms with van der Waals surface area (Å²) in [5.74, 6) is -0.110. The number of benzene rings is 2. The lowest BCUT2D eigenvalue weighted by Crippen LogP contribution is -2.06. The molecule has 0 saturated heterocycles. The minimum Gasteiger partial charge on any atom is -0.353 e. The Kier molecular flexibility index (Phi) is 3.13. The summed E-state index contributed by atoms with van der Waals surface area (Å²) in [7, 11) is 0. The molecule has 0 aliphatic rings. The molecule has 0 unspecified atom stereocenters. The quantitative estimate of drug-likeness (QED) is 0.734. The average Bonchev–Trinajstić information content (AvgIpc) is 2.48. The zero-order valence-corrected chi connectivity index (χ0v) is 11.0. The van der Waals surface area contributed by atoms with Gasteiger partial charge in [-0.05, 0) is 18.2 Å². The van der Waals surface area contributed by atoms with Gasteiger partial charge in [-0.1, -0.05) is 36.4 Å². The number of nitrogens with one attached hydrogen (secondary N) is 1. The molecule has 0 saturated carbocycles. The Labute approximate surface area is 116 Å². The fourth-order valence-electron chi connectivity index (χ4n) is 2.09. The van der Waals surface area contributed by atoms with Gasteiger partial charge in [-0.25, -0.2) is 0 Å². The Morgan fingerprint density at radius 1 is 0.950 bits per heavy atom. The molecule has 1 aromatic heterocycles. The van der Waals surface area contributed by atoms with Crippen molar-refractivity contribution in [1.29, 1.82) is 0 Å². The van der Waals surface area contributed by atoms with E-state index >= 15 is 0 Å². The minimum atomic E-state index is -0.110. The molecular weight excluding hydrogens is 250 g/mol. The summed E-state index contributed by atoms with van der Waals surface area (Å²) < 4.78 is 0. The lowest BCUT2D eigenvalue weighted by molar-refractivity contribution is 0.101. The minimum absolute atomic E-state index is 0.110. The molecule has 20 heavy (non-hydrogen) atoms. The second kappa shape index (κ2) is 5.09. The summed E-state index contributed by atoms with van der Waals surface area (Å²) in [6.45, 7) is 1.50. The van der Waals surface area contributed by atoms with Gasteiger partial charge >= 0.3 is 0 Å². The largest absolute Gasteiger partial charge is 0.353 e. The number of Topliss-reactive ketones (excluding diaryl/α,β-unsaturated/α-hetero) is 1. The number of carbonyl (C=O) groups is 1. The topological polar surface area (TPSA) is 54.9 Å². The van der Waals surface area contributed by atoms with E-state index in [2.05, 4.69) is 15.5 Å². The number of rotatable bonds is 3. The van der Waals surface area contributed by atoms with Crippen LogP contribution in [0.15, 0.2) is 54.6 Å². The van der Waals surface area contributed by atoms with Crippen LogP contribution in [0.25, 0.3) is 10.9 Å².